The van der Waals surface area contributed by atoms with E-state index in [1.807, 2.05) is 0 Å². The molecular formula is C14H17ClN4O6. The number of nitrogens with zero attached hydrogens (tertiary/aromatic N) is 1. The van der Waals surface area contributed by atoms with Crippen LogP contribution >= 0.6 is 12.4 Å². The zero-order valence-electron chi connectivity index (χ0n) is 13.5. The third-order valence-electron chi connectivity index (χ3n) is 3.51. The first-order valence-corrected chi connectivity index (χ1v) is 7.08. The van der Waals surface area contributed by atoms with Crippen molar-refractivity contribution in [2.75, 3.05) is 13.7 Å². The van der Waals surface area contributed by atoms with Crippen LogP contribution in [0.5, 0.6) is 0 Å². The van der Waals surface area contributed by atoms with Crippen molar-refractivity contribution < 1.29 is 14.5 Å². The highest BCUT2D eigenvalue weighted by Gasteiger charge is 2.15. The quantitative estimate of drug-likeness (QED) is 0.285. The van der Waals surface area contributed by atoms with Crippen molar-refractivity contribution >= 4 is 35.1 Å². The zero-order valence-corrected chi connectivity index (χ0v) is 14.3. The largest absolute Gasteiger partial charge is 0.468 e. The number of methoxy groups -OCH3 is 1. The molecule has 2 aromatic rings. The Labute approximate surface area is 147 Å². The normalized spacial score (nSPS) is 11.6. The number of esters is 1. The van der Waals surface area contributed by atoms with E-state index in [0.717, 1.165) is 0 Å². The maximum absolute atomic E-state index is 11.5. The summed E-state index contributed by atoms with van der Waals surface area (Å²) in [4.78, 5) is 49.4. The van der Waals surface area contributed by atoms with Crippen molar-refractivity contribution in [3.8, 4) is 0 Å². The van der Waals surface area contributed by atoms with Gasteiger partial charge in [0.05, 0.1) is 23.1 Å². The number of fused-ring (bicyclic) bond motifs is 1. The Morgan fingerprint density at radius 3 is 2.56 bits per heavy atom. The molecule has 1 aromatic heterocycles. The fraction of sp³-hybridized carbons (Fsp3) is 0.357. The number of nitro benzene ring substituents is 1. The van der Waals surface area contributed by atoms with Crippen molar-refractivity contribution in [3.05, 3.63) is 48.5 Å². The number of aromatic nitrogens is 2. The summed E-state index contributed by atoms with van der Waals surface area (Å²) in [6, 6.07) is 1.96. The van der Waals surface area contributed by atoms with Crippen molar-refractivity contribution in [1.82, 2.24) is 15.3 Å². The molecule has 25 heavy (non-hydrogen) atoms. The van der Waals surface area contributed by atoms with Crippen LogP contribution in [0.3, 0.4) is 0 Å². The first-order chi connectivity index (χ1) is 11.3. The number of hydrogen-bond acceptors (Lipinski definition) is 7. The molecule has 0 amide bonds. The van der Waals surface area contributed by atoms with Gasteiger partial charge in [-0.25, -0.2) is 0 Å². The lowest BCUT2D eigenvalue weighted by Crippen LogP contribution is -2.36. The molecule has 3 N–H and O–H groups in total. The van der Waals surface area contributed by atoms with Gasteiger partial charge in [0.2, 0.25) is 0 Å². The molecule has 0 radical (unpaired) electrons. The maximum atomic E-state index is 11.5. The van der Waals surface area contributed by atoms with Gasteiger partial charge >= 0.3 is 17.1 Å². The highest BCUT2D eigenvalue weighted by molar-refractivity contribution is 5.85. The van der Waals surface area contributed by atoms with Crippen LogP contribution in [0.15, 0.2) is 21.7 Å². The summed E-state index contributed by atoms with van der Waals surface area (Å²) in [5.41, 5.74) is -0.972. The maximum Gasteiger partial charge on any atom is 0.322 e. The van der Waals surface area contributed by atoms with E-state index in [4.69, 9.17) is 0 Å². The third-order valence-corrected chi connectivity index (χ3v) is 3.51. The van der Waals surface area contributed by atoms with E-state index in [1.165, 1.54) is 19.2 Å². The van der Waals surface area contributed by atoms with Crippen LogP contribution in [0, 0.1) is 10.1 Å². The van der Waals surface area contributed by atoms with Crippen molar-refractivity contribution in [2.24, 2.45) is 0 Å². The predicted molar refractivity (Wildman–Crippen MR) is 92.3 cm³/mol. The Morgan fingerprint density at radius 2 is 1.96 bits per heavy atom. The first kappa shape index (κ1) is 20.3. The number of carbonyl (C=O) groups excluding carboxylic acids is 1. The van der Waals surface area contributed by atoms with Crippen LogP contribution in [-0.2, 0) is 16.0 Å². The Bertz CT molecular complexity index is 906. The van der Waals surface area contributed by atoms with Gasteiger partial charge in [-0.05, 0) is 18.9 Å². The second-order valence-electron chi connectivity index (χ2n) is 5.14. The fourth-order valence-electron chi connectivity index (χ4n) is 2.27. The van der Waals surface area contributed by atoms with Crippen LogP contribution in [-0.4, -0.2) is 40.6 Å². The molecule has 0 bridgehead atoms. The number of nitro groups is 1. The topological polar surface area (TPSA) is 147 Å². The number of hydrogen-bond donors (Lipinski definition) is 3. The summed E-state index contributed by atoms with van der Waals surface area (Å²) in [7, 11) is 1.27. The minimum atomic E-state index is -0.883. The smallest absolute Gasteiger partial charge is 0.322 e. The number of rotatable bonds is 6. The molecule has 0 aliphatic rings. The molecule has 2 rings (SSSR count). The first-order valence-electron chi connectivity index (χ1n) is 7.08. The predicted octanol–water partition coefficient (Wildman–Crippen LogP) is 0.240. The molecule has 1 atom stereocenters. The lowest BCUT2D eigenvalue weighted by molar-refractivity contribution is -0.384. The molecule has 0 aliphatic carbocycles. The molecule has 11 heteroatoms. The van der Waals surface area contributed by atoms with E-state index in [2.05, 4.69) is 20.0 Å². The average Bonchev–Trinajstić information content (AvgIpc) is 2.54. The van der Waals surface area contributed by atoms with Crippen LogP contribution in [0.4, 0.5) is 5.69 Å². The Morgan fingerprint density at radius 1 is 1.32 bits per heavy atom. The van der Waals surface area contributed by atoms with Crippen molar-refractivity contribution in [1.29, 1.82) is 0 Å². The molecular weight excluding hydrogens is 356 g/mol. The Hall–Kier alpha value is -2.72. The van der Waals surface area contributed by atoms with E-state index in [0.29, 0.717) is 24.0 Å². The number of ether oxygens (including phenoxy) is 1. The fourth-order valence-corrected chi connectivity index (χ4v) is 2.27. The van der Waals surface area contributed by atoms with Crippen LogP contribution in [0.1, 0.15) is 12.5 Å². The molecule has 0 aliphatic heterocycles. The minimum absolute atomic E-state index is 0. The van der Waals surface area contributed by atoms with Gasteiger partial charge in [0.25, 0.3) is 5.69 Å². The molecule has 0 saturated heterocycles. The van der Waals surface area contributed by atoms with Gasteiger partial charge in [-0.3, -0.25) is 24.5 Å². The van der Waals surface area contributed by atoms with Crippen molar-refractivity contribution in [3.63, 3.8) is 0 Å². The lowest BCUT2D eigenvalue weighted by atomic mass is 10.1. The molecule has 0 saturated carbocycles. The number of benzene rings is 1. The minimum Gasteiger partial charge on any atom is -0.468 e. The average molecular weight is 373 g/mol. The summed E-state index contributed by atoms with van der Waals surface area (Å²) in [5.74, 6) is -0.434. The Balaban J connectivity index is 0.00000312. The number of halogens is 1. The molecule has 10 nitrogen and oxygen atoms in total. The van der Waals surface area contributed by atoms with Gasteiger partial charge in [0, 0.05) is 18.7 Å². The van der Waals surface area contributed by atoms with Gasteiger partial charge in [-0.1, -0.05) is 0 Å². The van der Waals surface area contributed by atoms with Crippen LogP contribution in [0.25, 0.3) is 11.0 Å². The van der Waals surface area contributed by atoms with E-state index in [-0.39, 0.29) is 23.6 Å². The van der Waals surface area contributed by atoms with Gasteiger partial charge < -0.3 is 20.0 Å². The number of carbonyl (C=O) groups is 1. The molecule has 136 valence electrons. The summed E-state index contributed by atoms with van der Waals surface area (Å²) >= 11 is 0. The molecule has 1 heterocycles. The van der Waals surface area contributed by atoms with E-state index >= 15 is 0 Å². The number of nitrogens with one attached hydrogen (secondary N) is 3. The number of H-pyrrole nitrogens is 2. The van der Waals surface area contributed by atoms with Gasteiger partial charge in [-0.15, -0.1) is 12.4 Å². The Kier molecular flexibility index (Phi) is 6.83. The van der Waals surface area contributed by atoms with Gasteiger partial charge in [0.15, 0.2) is 0 Å². The highest BCUT2D eigenvalue weighted by Crippen LogP contribution is 2.21. The van der Waals surface area contributed by atoms with E-state index < -0.39 is 28.1 Å². The van der Waals surface area contributed by atoms with Gasteiger partial charge in [-0.2, -0.15) is 0 Å². The monoisotopic (exact) mass is 372 g/mol. The number of aromatic amines is 2. The van der Waals surface area contributed by atoms with E-state index in [1.54, 1.807) is 6.92 Å². The number of non-ortho nitro benzene ring substituents is 1. The molecule has 1 aromatic carbocycles. The van der Waals surface area contributed by atoms with Crippen LogP contribution in [0.2, 0.25) is 0 Å². The van der Waals surface area contributed by atoms with Crippen molar-refractivity contribution in [2.45, 2.75) is 19.4 Å². The zero-order chi connectivity index (χ0) is 17.9. The lowest BCUT2D eigenvalue weighted by Gasteiger charge is -2.12. The summed E-state index contributed by atoms with van der Waals surface area (Å²) in [6.07, 6.45) is 0.293. The summed E-state index contributed by atoms with van der Waals surface area (Å²) in [6.45, 7) is 1.93. The standard InChI is InChI=1S/C14H16N4O6.ClH/c1-7(14(21)24-2)15-4-3-8-5-9(18(22)23)6-10-11(8)17-13(20)12(19)16-10;/h5-7,15H,3-4H2,1-2H3,(H,16,19)(H,17,20);1H. The summed E-state index contributed by atoms with van der Waals surface area (Å²) < 4.78 is 4.59. The van der Waals surface area contributed by atoms with Gasteiger partial charge in [0.1, 0.15) is 6.04 Å². The molecule has 1 unspecified atom stereocenters. The SMILES string of the molecule is COC(=O)C(C)NCCc1cc([N+](=O)[O-])cc2[nH]c(=O)c(=O)[nH]c12.Cl. The third kappa shape index (κ3) is 4.64. The molecule has 0 spiro atoms. The summed E-state index contributed by atoms with van der Waals surface area (Å²) in [5, 5.41) is 13.9. The molecule has 0 fully saturated rings. The highest BCUT2D eigenvalue weighted by atomic mass is 35.5. The van der Waals surface area contributed by atoms with Crippen LogP contribution < -0.4 is 16.4 Å². The second kappa shape index (κ2) is 8.40. The second-order valence-corrected chi connectivity index (χ2v) is 5.14. The van der Waals surface area contributed by atoms with E-state index in [9.17, 15) is 24.5 Å².